The fraction of sp³-hybridized carbons (Fsp3) is 0.462. The molecular formula is C13H14FNO2S. The molecule has 1 unspecified atom stereocenters. The Morgan fingerprint density at radius 2 is 2.06 bits per heavy atom. The van der Waals surface area contributed by atoms with E-state index in [1.54, 1.807) is 6.07 Å². The Kier molecular flexibility index (Phi) is 3.79. The van der Waals surface area contributed by atoms with Gasteiger partial charge in [-0.05, 0) is 36.6 Å². The zero-order valence-electron chi connectivity index (χ0n) is 10.1. The van der Waals surface area contributed by atoms with Crippen molar-refractivity contribution in [1.29, 1.82) is 5.26 Å². The molecular weight excluding hydrogens is 253 g/mol. The van der Waals surface area contributed by atoms with E-state index in [9.17, 15) is 13.9 Å². The smallest absolute Gasteiger partial charge is 0.124 e. The molecule has 0 saturated carbocycles. The van der Waals surface area contributed by atoms with E-state index in [1.807, 2.05) is 0 Å². The average Bonchev–Trinajstić information content (AvgIpc) is 2.38. The van der Waals surface area contributed by atoms with Gasteiger partial charge in [0.25, 0.3) is 0 Å². The molecule has 1 heterocycles. The van der Waals surface area contributed by atoms with Gasteiger partial charge in [0, 0.05) is 35.2 Å². The van der Waals surface area contributed by atoms with Crippen LogP contribution >= 0.6 is 0 Å². The zero-order valence-corrected chi connectivity index (χ0v) is 10.9. The SMILES string of the molecule is CS(=O)c1cc(F)cc(C2(C#N)CCOCC2)c1. The van der Waals surface area contributed by atoms with E-state index < -0.39 is 22.0 Å². The lowest BCUT2D eigenvalue weighted by atomic mass is 9.75. The van der Waals surface area contributed by atoms with Crippen LogP contribution in [-0.4, -0.2) is 23.7 Å². The summed E-state index contributed by atoms with van der Waals surface area (Å²) in [6.07, 6.45) is 2.59. The first-order valence-corrected chi connectivity index (χ1v) is 7.27. The first-order valence-electron chi connectivity index (χ1n) is 5.71. The molecule has 0 spiro atoms. The van der Waals surface area contributed by atoms with Gasteiger partial charge in [0.2, 0.25) is 0 Å². The van der Waals surface area contributed by atoms with Crippen LogP contribution in [0.25, 0.3) is 0 Å². The first kappa shape index (κ1) is 13.2. The molecule has 2 rings (SSSR count). The number of nitrogens with zero attached hydrogens (tertiary/aromatic N) is 1. The molecule has 1 aromatic rings. The Labute approximate surface area is 108 Å². The molecule has 1 saturated heterocycles. The number of rotatable bonds is 2. The van der Waals surface area contributed by atoms with Crippen molar-refractivity contribution >= 4 is 10.8 Å². The van der Waals surface area contributed by atoms with E-state index in [2.05, 4.69) is 6.07 Å². The van der Waals surface area contributed by atoms with Crippen LogP contribution in [-0.2, 0) is 21.0 Å². The molecule has 0 aliphatic carbocycles. The largest absolute Gasteiger partial charge is 0.381 e. The molecule has 3 nitrogen and oxygen atoms in total. The van der Waals surface area contributed by atoms with Gasteiger partial charge in [-0.15, -0.1) is 0 Å². The molecule has 0 aromatic heterocycles. The molecule has 1 aliphatic rings. The van der Waals surface area contributed by atoms with Crippen LogP contribution in [0, 0.1) is 17.1 Å². The van der Waals surface area contributed by atoms with E-state index in [-0.39, 0.29) is 0 Å². The van der Waals surface area contributed by atoms with E-state index in [4.69, 9.17) is 4.74 Å². The van der Waals surface area contributed by atoms with Gasteiger partial charge in [-0.1, -0.05) is 0 Å². The predicted octanol–water partition coefficient (Wildman–Crippen LogP) is 2.13. The van der Waals surface area contributed by atoms with Crippen molar-refractivity contribution in [1.82, 2.24) is 0 Å². The van der Waals surface area contributed by atoms with Gasteiger partial charge in [-0.3, -0.25) is 4.21 Å². The summed E-state index contributed by atoms with van der Waals surface area (Å²) in [5.41, 5.74) is -0.104. The molecule has 0 amide bonds. The minimum atomic E-state index is -1.25. The second kappa shape index (κ2) is 5.17. The lowest BCUT2D eigenvalue weighted by molar-refractivity contribution is 0.0674. The van der Waals surface area contributed by atoms with E-state index in [1.165, 1.54) is 18.4 Å². The number of hydrogen-bond donors (Lipinski definition) is 0. The van der Waals surface area contributed by atoms with Crippen molar-refractivity contribution in [3.05, 3.63) is 29.6 Å². The van der Waals surface area contributed by atoms with Crippen LogP contribution in [0.5, 0.6) is 0 Å². The number of benzene rings is 1. The Hall–Kier alpha value is -1.25. The molecule has 1 atom stereocenters. The van der Waals surface area contributed by atoms with Crippen molar-refractivity contribution in [3.8, 4) is 6.07 Å². The topological polar surface area (TPSA) is 50.1 Å². The Morgan fingerprint density at radius 3 is 2.61 bits per heavy atom. The summed E-state index contributed by atoms with van der Waals surface area (Å²) >= 11 is 0. The summed E-state index contributed by atoms with van der Waals surface area (Å²) in [7, 11) is -1.25. The fourth-order valence-electron chi connectivity index (χ4n) is 2.19. The van der Waals surface area contributed by atoms with Crippen molar-refractivity contribution in [3.63, 3.8) is 0 Å². The molecule has 96 valence electrons. The molecule has 5 heteroatoms. The second-order valence-electron chi connectivity index (χ2n) is 4.44. The van der Waals surface area contributed by atoms with Gasteiger partial charge < -0.3 is 4.74 Å². The van der Waals surface area contributed by atoms with E-state index in [0.717, 1.165) is 0 Å². The number of halogens is 1. The lowest BCUT2D eigenvalue weighted by Gasteiger charge is -2.31. The van der Waals surface area contributed by atoms with Crippen molar-refractivity contribution in [2.45, 2.75) is 23.2 Å². The highest BCUT2D eigenvalue weighted by Crippen LogP contribution is 2.35. The average molecular weight is 267 g/mol. The summed E-state index contributed by atoms with van der Waals surface area (Å²) in [6.45, 7) is 0.989. The van der Waals surface area contributed by atoms with Gasteiger partial charge in [0.05, 0.1) is 11.5 Å². The van der Waals surface area contributed by atoms with Crippen LogP contribution < -0.4 is 0 Å². The molecule has 1 aromatic carbocycles. The Morgan fingerprint density at radius 1 is 1.39 bits per heavy atom. The summed E-state index contributed by atoms with van der Waals surface area (Å²) < 4.78 is 30.3. The quantitative estimate of drug-likeness (QED) is 0.825. The van der Waals surface area contributed by atoms with Crippen LogP contribution in [0.15, 0.2) is 23.1 Å². The third kappa shape index (κ3) is 2.45. The maximum absolute atomic E-state index is 13.6. The highest BCUT2D eigenvalue weighted by molar-refractivity contribution is 7.84. The summed E-state index contributed by atoms with van der Waals surface area (Å²) in [5.74, 6) is -0.446. The molecule has 0 bridgehead atoms. The minimum Gasteiger partial charge on any atom is -0.381 e. The van der Waals surface area contributed by atoms with Crippen molar-refractivity contribution in [2.24, 2.45) is 0 Å². The molecule has 0 radical (unpaired) electrons. The third-order valence-corrected chi connectivity index (χ3v) is 4.22. The second-order valence-corrected chi connectivity index (χ2v) is 5.82. The lowest BCUT2D eigenvalue weighted by Crippen LogP contribution is -2.32. The number of nitriles is 1. The molecule has 1 fully saturated rings. The number of hydrogen-bond acceptors (Lipinski definition) is 3. The van der Waals surface area contributed by atoms with Gasteiger partial charge in [-0.2, -0.15) is 5.26 Å². The van der Waals surface area contributed by atoms with E-state index in [0.29, 0.717) is 36.5 Å². The zero-order chi connectivity index (χ0) is 13.2. The molecule has 18 heavy (non-hydrogen) atoms. The van der Waals surface area contributed by atoms with Crippen molar-refractivity contribution < 1.29 is 13.3 Å². The van der Waals surface area contributed by atoms with Crippen LogP contribution in [0.1, 0.15) is 18.4 Å². The van der Waals surface area contributed by atoms with Gasteiger partial charge in [-0.25, -0.2) is 4.39 Å². The maximum Gasteiger partial charge on any atom is 0.124 e. The summed E-state index contributed by atoms with van der Waals surface area (Å²) in [5, 5.41) is 9.41. The minimum absolute atomic E-state index is 0.422. The van der Waals surface area contributed by atoms with Gasteiger partial charge in [0.15, 0.2) is 0 Å². The first-order chi connectivity index (χ1) is 8.57. The predicted molar refractivity (Wildman–Crippen MR) is 66.1 cm³/mol. The van der Waals surface area contributed by atoms with Gasteiger partial charge in [0.1, 0.15) is 5.82 Å². The summed E-state index contributed by atoms with van der Waals surface area (Å²) in [6, 6.07) is 6.58. The van der Waals surface area contributed by atoms with Gasteiger partial charge >= 0.3 is 0 Å². The van der Waals surface area contributed by atoms with E-state index >= 15 is 0 Å². The Bertz CT molecular complexity index is 518. The maximum atomic E-state index is 13.6. The van der Waals surface area contributed by atoms with Crippen LogP contribution in [0.3, 0.4) is 0 Å². The van der Waals surface area contributed by atoms with Crippen LogP contribution in [0.4, 0.5) is 4.39 Å². The third-order valence-electron chi connectivity index (χ3n) is 3.32. The highest BCUT2D eigenvalue weighted by atomic mass is 32.2. The Balaban J connectivity index is 2.49. The number of ether oxygens (including phenoxy) is 1. The normalized spacial score (nSPS) is 20.1. The molecule has 1 aliphatic heterocycles. The monoisotopic (exact) mass is 267 g/mol. The highest BCUT2D eigenvalue weighted by Gasteiger charge is 2.35. The fourth-order valence-corrected chi connectivity index (χ4v) is 2.76. The van der Waals surface area contributed by atoms with Crippen LogP contribution in [0.2, 0.25) is 0 Å². The van der Waals surface area contributed by atoms with Crippen molar-refractivity contribution in [2.75, 3.05) is 19.5 Å². The summed E-state index contributed by atoms with van der Waals surface area (Å²) in [4.78, 5) is 0.422. The molecule has 0 N–H and O–H groups in total. The standard InChI is InChI=1S/C13H14FNO2S/c1-18(16)12-7-10(6-11(14)8-12)13(9-15)2-4-17-5-3-13/h6-8H,2-5H2,1H3.